The summed E-state index contributed by atoms with van der Waals surface area (Å²) in [5.41, 5.74) is 4.10. The number of piperazine rings is 1. The number of amides is 2. The first-order valence-corrected chi connectivity index (χ1v) is 10.2. The molecule has 5 rings (SSSR count). The van der Waals surface area contributed by atoms with E-state index in [-0.39, 0.29) is 11.6 Å². The van der Waals surface area contributed by atoms with Crippen LogP contribution in [0.3, 0.4) is 0 Å². The number of imidazole rings is 1. The number of aromatic nitrogens is 3. The molecule has 0 saturated carbocycles. The van der Waals surface area contributed by atoms with Crippen LogP contribution >= 0.6 is 0 Å². The number of hydrogen-bond acceptors (Lipinski definition) is 6. The summed E-state index contributed by atoms with van der Waals surface area (Å²) in [6.07, 6.45) is 4.09. The molecule has 9 nitrogen and oxygen atoms in total. The number of anilines is 2. The summed E-state index contributed by atoms with van der Waals surface area (Å²) in [5.74, 6) is -1.09. The second-order valence-corrected chi connectivity index (χ2v) is 7.78. The maximum Gasteiger partial charge on any atom is 0.269 e. The molecule has 10 heteroatoms. The van der Waals surface area contributed by atoms with Gasteiger partial charge in [-0.2, -0.15) is 4.39 Å². The highest BCUT2D eigenvalue weighted by Gasteiger charge is 2.23. The molecule has 31 heavy (non-hydrogen) atoms. The van der Waals surface area contributed by atoms with Crippen LogP contribution in [-0.4, -0.2) is 64.3 Å². The van der Waals surface area contributed by atoms with Crippen LogP contribution in [0.2, 0.25) is 0 Å². The zero-order chi connectivity index (χ0) is 21.5. The van der Waals surface area contributed by atoms with Crippen LogP contribution in [0.5, 0.6) is 0 Å². The molecule has 2 aliphatic heterocycles. The third kappa shape index (κ3) is 3.59. The molecule has 1 fully saturated rings. The molecule has 3 aromatic heterocycles. The van der Waals surface area contributed by atoms with Crippen molar-refractivity contribution in [1.29, 1.82) is 0 Å². The standard InChI is InChI=1S/C21H22FN7O2/c1-23-21(31)14-2-3-17(20(22)26-14)28-6-4-27(5-7-28)10-13-8-16-19-15(9-18(30)25-16)24-12-29(19)11-13/h2-3,8,11-12H,4-7,9-10H2,1H3,(H,23,31)(H,25,30). The monoisotopic (exact) mass is 423 g/mol. The summed E-state index contributed by atoms with van der Waals surface area (Å²) in [4.78, 5) is 35.9. The largest absolute Gasteiger partial charge is 0.365 e. The van der Waals surface area contributed by atoms with Gasteiger partial charge in [0.25, 0.3) is 5.91 Å². The molecule has 0 radical (unpaired) electrons. The van der Waals surface area contributed by atoms with E-state index >= 15 is 0 Å². The van der Waals surface area contributed by atoms with E-state index in [1.807, 2.05) is 21.6 Å². The van der Waals surface area contributed by atoms with Crippen molar-refractivity contribution in [2.24, 2.45) is 0 Å². The van der Waals surface area contributed by atoms with Crippen molar-refractivity contribution >= 4 is 28.7 Å². The molecule has 0 aromatic carbocycles. The van der Waals surface area contributed by atoms with Crippen LogP contribution in [-0.2, 0) is 17.8 Å². The predicted octanol–water partition coefficient (Wildman–Crippen LogP) is 1.04. The fourth-order valence-corrected chi connectivity index (χ4v) is 4.24. The molecule has 2 amide bonds. The molecule has 2 N–H and O–H groups in total. The molecule has 0 bridgehead atoms. The topological polar surface area (TPSA) is 94.9 Å². The second kappa shape index (κ2) is 7.62. The van der Waals surface area contributed by atoms with E-state index in [1.165, 1.54) is 13.1 Å². The highest BCUT2D eigenvalue weighted by molar-refractivity contribution is 6.01. The molecule has 1 saturated heterocycles. The van der Waals surface area contributed by atoms with Crippen molar-refractivity contribution in [3.8, 4) is 0 Å². The van der Waals surface area contributed by atoms with Gasteiger partial charge in [0.15, 0.2) is 0 Å². The van der Waals surface area contributed by atoms with Gasteiger partial charge in [0.2, 0.25) is 11.9 Å². The Morgan fingerprint density at radius 2 is 2.06 bits per heavy atom. The minimum absolute atomic E-state index is 0.0445. The van der Waals surface area contributed by atoms with Crippen molar-refractivity contribution in [3.05, 3.63) is 53.6 Å². The van der Waals surface area contributed by atoms with Crippen LogP contribution < -0.4 is 15.5 Å². The SMILES string of the molecule is CNC(=O)c1ccc(N2CCN(Cc3cc4c5c(ncn5c3)CC(=O)N4)CC2)c(F)n1. The number of pyridine rings is 2. The van der Waals surface area contributed by atoms with Crippen LogP contribution in [0.15, 0.2) is 30.7 Å². The average Bonchev–Trinajstić information content (AvgIpc) is 3.17. The summed E-state index contributed by atoms with van der Waals surface area (Å²) < 4.78 is 16.4. The maximum absolute atomic E-state index is 14.5. The van der Waals surface area contributed by atoms with Crippen LogP contribution in [0.25, 0.3) is 5.52 Å². The highest BCUT2D eigenvalue weighted by Crippen LogP contribution is 2.27. The predicted molar refractivity (Wildman–Crippen MR) is 113 cm³/mol. The first kappa shape index (κ1) is 19.4. The Morgan fingerprint density at radius 1 is 1.26 bits per heavy atom. The Bertz CT molecular complexity index is 1180. The average molecular weight is 423 g/mol. The van der Waals surface area contributed by atoms with Crippen molar-refractivity contribution in [2.45, 2.75) is 13.0 Å². The van der Waals surface area contributed by atoms with E-state index in [0.717, 1.165) is 42.1 Å². The number of nitrogens with one attached hydrogen (secondary N) is 2. The Balaban J connectivity index is 1.27. The zero-order valence-corrected chi connectivity index (χ0v) is 17.1. The van der Waals surface area contributed by atoms with Gasteiger partial charge >= 0.3 is 0 Å². The van der Waals surface area contributed by atoms with Gasteiger partial charge in [0, 0.05) is 46.0 Å². The van der Waals surface area contributed by atoms with Crippen LogP contribution in [0.4, 0.5) is 15.8 Å². The van der Waals surface area contributed by atoms with E-state index < -0.39 is 11.9 Å². The Labute approximate surface area is 177 Å². The fourth-order valence-electron chi connectivity index (χ4n) is 4.24. The van der Waals surface area contributed by atoms with Crippen molar-refractivity contribution in [1.82, 2.24) is 24.6 Å². The summed E-state index contributed by atoms with van der Waals surface area (Å²) in [5, 5.41) is 5.38. The van der Waals surface area contributed by atoms with Crippen molar-refractivity contribution in [2.75, 3.05) is 43.4 Å². The normalized spacial score (nSPS) is 16.5. The molecule has 0 aliphatic carbocycles. The van der Waals surface area contributed by atoms with Crippen molar-refractivity contribution < 1.29 is 14.0 Å². The van der Waals surface area contributed by atoms with E-state index in [0.29, 0.717) is 25.2 Å². The molecule has 0 atom stereocenters. The zero-order valence-electron chi connectivity index (χ0n) is 17.1. The number of nitrogens with zero attached hydrogens (tertiary/aromatic N) is 5. The minimum Gasteiger partial charge on any atom is -0.365 e. The molecule has 5 heterocycles. The van der Waals surface area contributed by atoms with E-state index in [4.69, 9.17) is 0 Å². The third-order valence-electron chi connectivity index (χ3n) is 5.77. The van der Waals surface area contributed by atoms with E-state index in [9.17, 15) is 14.0 Å². The van der Waals surface area contributed by atoms with Gasteiger partial charge in [0.1, 0.15) is 5.69 Å². The molecular weight excluding hydrogens is 401 g/mol. The van der Waals surface area contributed by atoms with Gasteiger partial charge < -0.3 is 19.9 Å². The van der Waals surface area contributed by atoms with Gasteiger partial charge in [-0.05, 0) is 23.8 Å². The van der Waals surface area contributed by atoms with E-state index in [2.05, 4.69) is 25.5 Å². The summed E-state index contributed by atoms with van der Waals surface area (Å²) in [6, 6.07) is 5.16. The fraction of sp³-hybridized carbons (Fsp3) is 0.333. The quantitative estimate of drug-likeness (QED) is 0.609. The lowest BCUT2D eigenvalue weighted by molar-refractivity contribution is -0.115. The minimum atomic E-state index is -0.634. The van der Waals surface area contributed by atoms with Gasteiger partial charge in [-0.15, -0.1) is 0 Å². The van der Waals surface area contributed by atoms with E-state index in [1.54, 1.807) is 12.4 Å². The smallest absolute Gasteiger partial charge is 0.269 e. The third-order valence-corrected chi connectivity index (χ3v) is 5.77. The summed E-state index contributed by atoms with van der Waals surface area (Å²) >= 11 is 0. The van der Waals surface area contributed by atoms with Gasteiger partial charge in [-0.1, -0.05) is 0 Å². The first-order valence-electron chi connectivity index (χ1n) is 10.2. The Hall–Kier alpha value is -3.53. The number of carbonyl (C=O) groups excluding carboxylic acids is 2. The molecule has 0 spiro atoms. The number of rotatable bonds is 4. The lowest BCUT2D eigenvalue weighted by Gasteiger charge is -2.36. The highest BCUT2D eigenvalue weighted by atomic mass is 19.1. The number of carbonyl (C=O) groups is 2. The van der Waals surface area contributed by atoms with Crippen LogP contribution in [0.1, 0.15) is 21.7 Å². The Morgan fingerprint density at radius 3 is 2.81 bits per heavy atom. The number of halogens is 1. The molecule has 0 unspecified atom stereocenters. The molecular formula is C21H22FN7O2. The summed E-state index contributed by atoms with van der Waals surface area (Å²) in [6.45, 7) is 3.53. The van der Waals surface area contributed by atoms with Gasteiger partial charge in [-0.3, -0.25) is 14.5 Å². The Kier molecular flexibility index (Phi) is 4.78. The number of hydrogen-bond donors (Lipinski definition) is 2. The van der Waals surface area contributed by atoms with Gasteiger partial charge in [0.05, 0.1) is 35.3 Å². The first-order chi connectivity index (χ1) is 15.0. The molecule has 160 valence electrons. The van der Waals surface area contributed by atoms with Crippen LogP contribution in [0, 0.1) is 5.95 Å². The molecule has 3 aromatic rings. The lowest BCUT2D eigenvalue weighted by Crippen LogP contribution is -2.46. The second-order valence-electron chi connectivity index (χ2n) is 7.78. The van der Waals surface area contributed by atoms with Gasteiger partial charge in [-0.25, -0.2) is 9.97 Å². The lowest BCUT2D eigenvalue weighted by atomic mass is 10.1. The van der Waals surface area contributed by atoms with Crippen molar-refractivity contribution in [3.63, 3.8) is 0 Å². The maximum atomic E-state index is 14.5. The summed E-state index contributed by atoms with van der Waals surface area (Å²) in [7, 11) is 1.49. The molecule has 2 aliphatic rings.